The summed E-state index contributed by atoms with van der Waals surface area (Å²) in [4.78, 5) is 4.05. The molecule has 138 valence electrons. The fraction of sp³-hybridized carbons (Fsp3) is 0.550. The monoisotopic (exact) mass is 345 g/mol. The van der Waals surface area contributed by atoms with Crippen molar-refractivity contribution in [3.8, 4) is 11.6 Å². The van der Waals surface area contributed by atoms with E-state index in [1.807, 2.05) is 15.3 Å². The van der Waals surface area contributed by atoms with Crippen LogP contribution < -0.4 is 0 Å². The standard InChI is InChI=1S/C20H31N3O2/c1-3-5-7-10-17-18(11-8-6-4-2)23(20(25)19(17)24)14-9-13-22-15-12-21-16-22/h8,11-12,15-16,24-25H,3-7,9-10,13-14H2,1-2H3. The third-order valence-corrected chi connectivity index (χ3v) is 4.47. The minimum atomic E-state index is -0.00622. The first-order chi connectivity index (χ1) is 12.2. The second-order valence-electron chi connectivity index (χ2n) is 6.49. The normalized spacial score (nSPS) is 11.6. The third-order valence-electron chi connectivity index (χ3n) is 4.47. The molecule has 2 rings (SSSR count). The quantitative estimate of drug-likeness (QED) is 0.579. The van der Waals surface area contributed by atoms with Crippen molar-refractivity contribution < 1.29 is 10.2 Å². The molecule has 0 aliphatic heterocycles. The summed E-state index contributed by atoms with van der Waals surface area (Å²) in [5, 5.41) is 20.8. The topological polar surface area (TPSA) is 63.2 Å². The number of aromatic hydroxyl groups is 2. The molecule has 0 aliphatic rings. The molecule has 0 spiro atoms. The van der Waals surface area contributed by atoms with E-state index in [9.17, 15) is 10.2 Å². The Hall–Kier alpha value is -2.17. The van der Waals surface area contributed by atoms with Gasteiger partial charge in [0.1, 0.15) is 0 Å². The molecule has 2 aromatic heterocycles. The molecule has 0 bridgehead atoms. The van der Waals surface area contributed by atoms with Gasteiger partial charge in [-0.05, 0) is 31.8 Å². The largest absolute Gasteiger partial charge is 0.503 e. The van der Waals surface area contributed by atoms with Gasteiger partial charge in [0, 0.05) is 31.0 Å². The summed E-state index contributed by atoms with van der Waals surface area (Å²) in [6.07, 6.45) is 16.7. The van der Waals surface area contributed by atoms with Gasteiger partial charge in [0.15, 0.2) is 5.75 Å². The maximum atomic E-state index is 10.4. The summed E-state index contributed by atoms with van der Waals surface area (Å²) < 4.78 is 3.87. The molecule has 0 aromatic carbocycles. The molecular formula is C20H31N3O2. The highest BCUT2D eigenvalue weighted by Gasteiger charge is 2.20. The summed E-state index contributed by atoms with van der Waals surface area (Å²) in [6, 6.07) is 0. The number of imidazole rings is 1. The molecular weight excluding hydrogens is 314 g/mol. The van der Waals surface area contributed by atoms with E-state index >= 15 is 0 Å². The van der Waals surface area contributed by atoms with Crippen LogP contribution in [0.4, 0.5) is 0 Å². The van der Waals surface area contributed by atoms with Crippen LogP contribution in [0.2, 0.25) is 0 Å². The van der Waals surface area contributed by atoms with Crippen LogP contribution in [-0.2, 0) is 19.5 Å². The van der Waals surface area contributed by atoms with E-state index in [4.69, 9.17) is 0 Å². The average molecular weight is 345 g/mol. The molecule has 0 aliphatic carbocycles. The molecule has 5 nitrogen and oxygen atoms in total. The van der Waals surface area contributed by atoms with E-state index in [1.165, 1.54) is 0 Å². The Kier molecular flexibility index (Phi) is 7.64. The van der Waals surface area contributed by atoms with Gasteiger partial charge in [0.2, 0.25) is 5.88 Å². The van der Waals surface area contributed by atoms with E-state index in [0.29, 0.717) is 6.54 Å². The SMILES string of the molecule is CCCC=Cc1c(CCCCC)c(O)c(O)n1CCCn1ccnc1. The van der Waals surface area contributed by atoms with Crippen LogP contribution in [0.25, 0.3) is 6.08 Å². The number of aromatic nitrogens is 3. The Labute approximate surface area is 150 Å². The molecule has 2 N–H and O–H groups in total. The fourth-order valence-corrected chi connectivity index (χ4v) is 3.07. The fourth-order valence-electron chi connectivity index (χ4n) is 3.07. The smallest absolute Gasteiger partial charge is 0.235 e. The van der Waals surface area contributed by atoms with Crippen LogP contribution in [0.5, 0.6) is 11.6 Å². The zero-order valence-electron chi connectivity index (χ0n) is 15.5. The molecule has 2 aromatic rings. The summed E-state index contributed by atoms with van der Waals surface area (Å²) in [6.45, 7) is 5.81. The minimum absolute atomic E-state index is 0.00622. The van der Waals surface area contributed by atoms with Gasteiger partial charge in [-0.25, -0.2) is 4.98 Å². The summed E-state index contributed by atoms with van der Waals surface area (Å²) in [5.41, 5.74) is 1.83. The number of rotatable bonds is 11. The van der Waals surface area contributed by atoms with Gasteiger partial charge >= 0.3 is 0 Å². The molecule has 0 saturated heterocycles. The molecule has 0 saturated carbocycles. The Morgan fingerprint density at radius 3 is 2.60 bits per heavy atom. The molecule has 0 radical (unpaired) electrons. The van der Waals surface area contributed by atoms with Gasteiger partial charge in [-0.1, -0.05) is 39.2 Å². The number of allylic oxidation sites excluding steroid dienone is 1. The van der Waals surface area contributed by atoms with Crippen LogP contribution in [0, 0.1) is 0 Å². The van der Waals surface area contributed by atoms with Gasteiger partial charge in [-0.3, -0.25) is 0 Å². The molecule has 25 heavy (non-hydrogen) atoms. The Bertz CT molecular complexity index is 657. The highest BCUT2D eigenvalue weighted by molar-refractivity contribution is 5.60. The molecule has 0 unspecified atom stereocenters. The third kappa shape index (κ3) is 5.15. The van der Waals surface area contributed by atoms with E-state index in [2.05, 4.69) is 31.0 Å². The molecule has 5 heteroatoms. The lowest BCUT2D eigenvalue weighted by Gasteiger charge is -2.09. The van der Waals surface area contributed by atoms with Crippen LogP contribution in [-0.4, -0.2) is 24.3 Å². The highest BCUT2D eigenvalue weighted by atomic mass is 16.3. The number of unbranched alkanes of at least 4 members (excludes halogenated alkanes) is 3. The first-order valence-electron chi connectivity index (χ1n) is 9.44. The van der Waals surface area contributed by atoms with Crippen LogP contribution in [0.15, 0.2) is 24.8 Å². The Morgan fingerprint density at radius 1 is 1.08 bits per heavy atom. The molecule has 0 amide bonds. The van der Waals surface area contributed by atoms with Gasteiger partial charge in [-0.15, -0.1) is 0 Å². The summed E-state index contributed by atoms with van der Waals surface area (Å²) in [7, 11) is 0. The lowest BCUT2D eigenvalue weighted by molar-refractivity contribution is 0.366. The zero-order chi connectivity index (χ0) is 18.1. The predicted octanol–water partition coefficient (Wildman–Crippen LogP) is 4.73. The van der Waals surface area contributed by atoms with E-state index < -0.39 is 0 Å². The molecule has 0 fully saturated rings. The van der Waals surface area contributed by atoms with Crippen molar-refractivity contribution in [2.24, 2.45) is 0 Å². The van der Waals surface area contributed by atoms with Crippen molar-refractivity contribution in [3.05, 3.63) is 36.1 Å². The minimum Gasteiger partial charge on any atom is -0.503 e. The lowest BCUT2D eigenvalue weighted by atomic mass is 10.1. The predicted molar refractivity (Wildman–Crippen MR) is 102 cm³/mol. The van der Waals surface area contributed by atoms with Crippen molar-refractivity contribution in [3.63, 3.8) is 0 Å². The second kappa shape index (κ2) is 9.97. The zero-order valence-corrected chi connectivity index (χ0v) is 15.5. The first-order valence-corrected chi connectivity index (χ1v) is 9.44. The van der Waals surface area contributed by atoms with Crippen LogP contribution in [0.3, 0.4) is 0 Å². The lowest BCUT2D eigenvalue weighted by Crippen LogP contribution is -2.05. The van der Waals surface area contributed by atoms with Crippen molar-refractivity contribution in [1.29, 1.82) is 0 Å². The van der Waals surface area contributed by atoms with E-state index in [-0.39, 0.29) is 11.6 Å². The number of hydrogen-bond acceptors (Lipinski definition) is 3. The number of nitrogens with zero attached hydrogens (tertiary/aromatic N) is 3. The Morgan fingerprint density at radius 2 is 1.92 bits per heavy atom. The summed E-state index contributed by atoms with van der Waals surface area (Å²) >= 11 is 0. The maximum Gasteiger partial charge on any atom is 0.235 e. The van der Waals surface area contributed by atoms with Gasteiger partial charge in [-0.2, -0.15) is 0 Å². The maximum absolute atomic E-state index is 10.4. The summed E-state index contributed by atoms with van der Waals surface area (Å²) in [5.74, 6) is 0.0446. The van der Waals surface area contributed by atoms with E-state index in [1.54, 1.807) is 12.5 Å². The van der Waals surface area contributed by atoms with Gasteiger partial charge in [0.25, 0.3) is 0 Å². The number of hydrogen-bond donors (Lipinski definition) is 2. The molecule has 0 atom stereocenters. The van der Waals surface area contributed by atoms with Crippen molar-refractivity contribution in [2.45, 2.75) is 71.9 Å². The van der Waals surface area contributed by atoms with Crippen LogP contribution >= 0.6 is 0 Å². The second-order valence-corrected chi connectivity index (χ2v) is 6.49. The van der Waals surface area contributed by atoms with Gasteiger partial charge < -0.3 is 19.3 Å². The Balaban J connectivity index is 2.17. The van der Waals surface area contributed by atoms with Gasteiger partial charge in [0.05, 0.1) is 12.0 Å². The van der Waals surface area contributed by atoms with Crippen LogP contribution in [0.1, 0.15) is 63.6 Å². The van der Waals surface area contributed by atoms with Crippen molar-refractivity contribution in [1.82, 2.24) is 14.1 Å². The van der Waals surface area contributed by atoms with Crippen molar-refractivity contribution >= 4 is 6.08 Å². The molecule has 2 heterocycles. The van der Waals surface area contributed by atoms with E-state index in [0.717, 1.165) is 62.7 Å². The first kappa shape index (κ1) is 19.2. The number of aryl methyl sites for hydroxylation is 1. The highest BCUT2D eigenvalue weighted by Crippen LogP contribution is 2.37. The average Bonchev–Trinajstić information content (AvgIpc) is 3.20. The van der Waals surface area contributed by atoms with Crippen molar-refractivity contribution in [2.75, 3.05) is 0 Å².